The van der Waals surface area contributed by atoms with Crippen molar-refractivity contribution < 1.29 is 4.92 Å². The molecule has 122 valence electrons. The minimum Gasteiger partial charge on any atom is -0.271 e. The van der Waals surface area contributed by atoms with Gasteiger partial charge in [-0.05, 0) is 36.4 Å². The molecule has 7 nitrogen and oxygen atoms in total. The number of aromatic nitrogens is 4. The van der Waals surface area contributed by atoms with Crippen LogP contribution in [0.15, 0.2) is 77.2 Å². The van der Waals surface area contributed by atoms with Crippen LogP contribution in [0.5, 0.6) is 0 Å². The number of nitrogens with zero attached hydrogens (tertiary/aromatic N) is 5. The molecule has 0 saturated heterocycles. The smallest absolute Gasteiger partial charge is 0.269 e. The Kier molecular flexibility index (Phi) is 3.87. The van der Waals surface area contributed by atoms with E-state index in [1.165, 1.54) is 23.9 Å². The molecule has 0 amide bonds. The van der Waals surface area contributed by atoms with Gasteiger partial charge >= 0.3 is 0 Å². The predicted molar refractivity (Wildman–Crippen MR) is 93.9 cm³/mol. The first-order valence-corrected chi connectivity index (χ1v) is 8.20. The van der Waals surface area contributed by atoms with Crippen molar-refractivity contribution >= 4 is 28.6 Å². The highest BCUT2D eigenvalue weighted by Crippen LogP contribution is 2.32. The van der Waals surface area contributed by atoms with Gasteiger partial charge in [-0.2, -0.15) is 0 Å². The fraction of sp³-hybridized carbons (Fsp3) is 0. The van der Waals surface area contributed by atoms with Crippen molar-refractivity contribution in [3.05, 3.63) is 77.2 Å². The number of nitro benzene ring substituents is 1. The van der Waals surface area contributed by atoms with Crippen molar-refractivity contribution in [1.82, 2.24) is 19.5 Å². The lowest BCUT2D eigenvalue weighted by Crippen LogP contribution is -1.98. The van der Waals surface area contributed by atoms with Gasteiger partial charge < -0.3 is 0 Å². The fourth-order valence-corrected chi connectivity index (χ4v) is 3.32. The maximum atomic E-state index is 10.9. The lowest BCUT2D eigenvalue weighted by atomic mass is 10.3. The average Bonchev–Trinajstić information content (AvgIpc) is 3.00. The average molecular weight is 349 g/mol. The molecule has 25 heavy (non-hydrogen) atoms. The molecule has 0 spiro atoms. The number of hydrogen-bond acceptors (Lipinski definition) is 6. The Morgan fingerprint density at radius 1 is 1.00 bits per heavy atom. The first kappa shape index (κ1) is 15.3. The second-order valence-corrected chi connectivity index (χ2v) is 6.18. The van der Waals surface area contributed by atoms with Gasteiger partial charge in [-0.15, -0.1) is 0 Å². The van der Waals surface area contributed by atoms with Gasteiger partial charge in [0, 0.05) is 35.6 Å². The summed E-state index contributed by atoms with van der Waals surface area (Å²) >= 11 is 1.48. The second-order valence-electron chi connectivity index (χ2n) is 5.13. The topological polar surface area (TPSA) is 86.7 Å². The third-order valence-electron chi connectivity index (χ3n) is 3.56. The Morgan fingerprint density at radius 3 is 2.48 bits per heavy atom. The van der Waals surface area contributed by atoms with E-state index in [0.29, 0.717) is 5.65 Å². The van der Waals surface area contributed by atoms with Crippen LogP contribution in [0.3, 0.4) is 0 Å². The van der Waals surface area contributed by atoms with Crippen LogP contribution in [0.2, 0.25) is 0 Å². The Bertz CT molecular complexity index is 1050. The van der Waals surface area contributed by atoms with E-state index in [1.54, 1.807) is 30.7 Å². The van der Waals surface area contributed by atoms with Crippen LogP contribution in [-0.4, -0.2) is 24.4 Å². The van der Waals surface area contributed by atoms with Gasteiger partial charge in [0.25, 0.3) is 5.69 Å². The minimum atomic E-state index is -0.416. The molecule has 0 aliphatic heterocycles. The summed E-state index contributed by atoms with van der Waals surface area (Å²) in [6.45, 7) is 0. The first-order valence-electron chi connectivity index (χ1n) is 7.38. The van der Waals surface area contributed by atoms with Crippen LogP contribution < -0.4 is 0 Å². The summed E-state index contributed by atoms with van der Waals surface area (Å²) in [4.78, 5) is 24.6. The Hall–Kier alpha value is -3.26. The molecule has 4 aromatic rings. The summed E-state index contributed by atoms with van der Waals surface area (Å²) < 4.78 is 1.89. The van der Waals surface area contributed by atoms with Gasteiger partial charge in [-0.25, -0.2) is 9.97 Å². The summed E-state index contributed by atoms with van der Waals surface area (Å²) in [5, 5.41) is 11.6. The van der Waals surface area contributed by atoms with E-state index in [0.717, 1.165) is 21.3 Å². The number of pyridine rings is 2. The van der Waals surface area contributed by atoms with Crippen LogP contribution in [0.1, 0.15) is 0 Å². The van der Waals surface area contributed by atoms with Gasteiger partial charge in [-0.3, -0.25) is 19.7 Å². The summed E-state index contributed by atoms with van der Waals surface area (Å²) in [5.74, 6) is 0. The van der Waals surface area contributed by atoms with Crippen LogP contribution >= 0.6 is 11.8 Å². The molecular weight excluding hydrogens is 338 g/mol. The van der Waals surface area contributed by atoms with Crippen LogP contribution in [0.25, 0.3) is 16.9 Å². The highest BCUT2D eigenvalue weighted by Gasteiger charge is 2.15. The van der Waals surface area contributed by atoms with E-state index in [4.69, 9.17) is 0 Å². The summed E-state index contributed by atoms with van der Waals surface area (Å²) in [6, 6.07) is 13.9. The molecule has 1 aromatic carbocycles. The number of nitro groups is 1. The standard InChI is InChI=1S/C17H11N5O2S/c23-22(24)13-5-3-12(4-6-13)21-16-15(2-1-9-19-16)20-17(21)25-14-7-10-18-11-8-14/h1-11H. The summed E-state index contributed by atoms with van der Waals surface area (Å²) in [5.41, 5.74) is 2.28. The molecule has 3 heterocycles. The van der Waals surface area contributed by atoms with Crippen LogP contribution in [-0.2, 0) is 0 Å². The first-order chi connectivity index (χ1) is 12.2. The molecule has 0 unspecified atom stereocenters. The van der Waals surface area contributed by atoms with Gasteiger partial charge in [0.05, 0.1) is 10.6 Å². The molecule has 0 aliphatic rings. The van der Waals surface area contributed by atoms with Crippen LogP contribution in [0, 0.1) is 10.1 Å². The molecule has 8 heteroatoms. The van der Waals surface area contributed by atoms with Crippen molar-refractivity contribution in [3.63, 3.8) is 0 Å². The Balaban J connectivity index is 1.85. The van der Waals surface area contributed by atoms with Crippen molar-refractivity contribution in [2.45, 2.75) is 10.1 Å². The van der Waals surface area contributed by atoms with Crippen molar-refractivity contribution in [1.29, 1.82) is 0 Å². The largest absolute Gasteiger partial charge is 0.271 e. The number of rotatable bonds is 4. The van der Waals surface area contributed by atoms with E-state index in [9.17, 15) is 10.1 Å². The number of benzene rings is 1. The lowest BCUT2D eigenvalue weighted by molar-refractivity contribution is -0.384. The zero-order chi connectivity index (χ0) is 17.2. The Morgan fingerprint density at radius 2 is 1.76 bits per heavy atom. The maximum Gasteiger partial charge on any atom is 0.269 e. The minimum absolute atomic E-state index is 0.0458. The summed E-state index contributed by atoms with van der Waals surface area (Å²) in [7, 11) is 0. The zero-order valence-corrected chi connectivity index (χ0v) is 13.6. The molecule has 0 N–H and O–H groups in total. The predicted octanol–water partition coefficient (Wildman–Crippen LogP) is 3.87. The number of fused-ring (bicyclic) bond motifs is 1. The highest BCUT2D eigenvalue weighted by molar-refractivity contribution is 7.99. The van der Waals surface area contributed by atoms with Gasteiger partial charge in [-0.1, -0.05) is 11.8 Å². The van der Waals surface area contributed by atoms with E-state index in [2.05, 4.69) is 15.0 Å². The second kappa shape index (κ2) is 6.33. The van der Waals surface area contributed by atoms with Crippen molar-refractivity contribution in [3.8, 4) is 5.69 Å². The molecule has 0 fully saturated rings. The van der Waals surface area contributed by atoms with E-state index >= 15 is 0 Å². The third kappa shape index (κ3) is 2.94. The maximum absolute atomic E-state index is 10.9. The molecule has 3 aromatic heterocycles. The number of imidazole rings is 1. The van der Waals surface area contributed by atoms with Gasteiger partial charge in [0.2, 0.25) is 0 Å². The monoisotopic (exact) mass is 349 g/mol. The van der Waals surface area contributed by atoms with E-state index in [1.807, 2.05) is 28.8 Å². The van der Waals surface area contributed by atoms with Gasteiger partial charge in [0.15, 0.2) is 10.8 Å². The van der Waals surface area contributed by atoms with E-state index in [-0.39, 0.29) is 5.69 Å². The number of hydrogen-bond donors (Lipinski definition) is 0. The fourth-order valence-electron chi connectivity index (χ4n) is 2.43. The molecule has 0 bridgehead atoms. The number of non-ortho nitro benzene ring substituents is 1. The lowest BCUT2D eigenvalue weighted by Gasteiger charge is -2.08. The van der Waals surface area contributed by atoms with Gasteiger partial charge in [0.1, 0.15) is 5.52 Å². The SMILES string of the molecule is O=[N+]([O-])c1ccc(-n2c(Sc3ccncc3)nc3cccnc32)cc1. The summed E-state index contributed by atoms with van der Waals surface area (Å²) in [6.07, 6.45) is 5.14. The zero-order valence-electron chi connectivity index (χ0n) is 12.8. The van der Waals surface area contributed by atoms with Crippen LogP contribution in [0.4, 0.5) is 5.69 Å². The normalized spacial score (nSPS) is 10.9. The van der Waals surface area contributed by atoms with E-state index < -0.39 is 4.92 Å². The molecular formula is C17H11N5O2S. The van der Waals surface area contributed by atoms with Crippen molar-refractivity contribution in [2.75, 3.05) is 0 Å². The quantitative estimate of drug-likeness (QED) is 0.410. The Labute approximate surface area is 146 Å². The molecule has 0 aliphatic carbocycles. The molecule has 4 rings (SSSR count). The molecule has 0 atom stereocenters. The van der Waals surface area contributed by atoms with Crippen molar-refractivity contribution in [2.24, 2.45) is 0 Å². The highest BCUT2D eigenvalue weighted by atomic mass is 32.2. The molecule has 0 radical (unpaired) electrons. The third-order valence-corrected chi connectivity index (χ3v) is 4.53. The molecule has 0 saturated carbocycles.